The number of aromatic nitrogens is 1. The van der Waals surface area contributed by atoms with Crippen LogP contribution in [0.15, 0.2) is 48.7 Å². The highest BCUT2D eigenvalue weighted by Gasteiger charge is 2.31. The number of pyridine rings is 1. The lowest BCUT2D eigenvalue weighted by Crippen LogP contribution is -2.30. The van der Waals surface area contributed by atoms with Crippen LogP contribution in [0.4, 0.5) is 0 Å². The first-order chi connectivity index (χ1) is 10.3. The molecule has 108 valence electrons. The molecule has 1 aliphatic rings. The van der Waals surface area contributed by atoms with Gasteiger partial charge < -0.3 is 9.64 Å². The van der Waals surface area contributed by atoms with Crippen LogP contribution in [0.3, 0.4) is 0 Å². The summed E-state index contributed by atoms with van der Waals surface area (Å²) < 4.78 is 5.13. The zero-order chi connectivity index (χ0) is 14.7. The second-order valence-electron chi connectivity index (χ2n) is 5.14. The van der Waals surface area contributed by atoms with Crippen LogP contribution in [0.2, 0.25) is 0 Å². The van der Waals surface area contributed by atoms with Gasteiger partial charge in [-0.05, 0) is 49.2 Å². The monoisotopic (exact) mass is 282 g/mol. The molecule has 1 unspecified atom stereocenters. The molecule has 0 saturated carbocycles. The van der Waals surface area contributed by atoms with E-state index in [4.69, 9.17) is 4.74 Å². The zero-order valence-electron chi connectivity index (χ0n) is 12.0. The molecule has 1 aromatic carbocycles. The van der Waals surface area contributed by atoms with Crippen LogP contribution in [0.5, 0.6) is 5.75 Å². The van der Waals surface area contributed by atoms with Gasteiger partial charge in [-0.25, -0.2) is 0 Å². The number of hydrogen-bond acceptors (Lipinski definition) is 3. The van der Waals surface area contributed by atoms with Gasteiger partial charge in [0.15, 0.2) is 0 Å². The fraction of sp³-hybridized carbons (Fsp3) is 0.294. The predicted octanol–water partition coefficient (Wildman–Crippen LogP) is 3.07. The molecule has 2 heterocycles. The van der Waals surface area contributed by atoms with Crippen LogP contribution in [0.25, 0.3) is 0 Å². The van der Waals surface area contributed by atoms with Crippen molar-refractivity contribution < 1.29 is 9.53 Å². The molecule has 4 heteroatoms. The van der Waals surface area contributed by atoms with Gasteiger partial charge in [0, 0.05) is 18.3 Å². The van der Waals surface area contributed by atoms with Crippen molar-refractivity contribution in [3.05, 3.63) is 59.9 Å². The number of methoxy groups -OCH3 is 1. The Balaban J connectivity index is 1.82. The van der Waals surface area contributed by atoms with Crippen molar-refractivity contribution in [1.29, 1.82) is 0 Å². The van der Waals surface area contributed by atoms with Gasteiger partial charge in [0.1, 0.15) is 5.75 Å². The lowest BCUT2D eigenvalue weighted by Gasteiger charge is -2.24. The minimum absolute atomic E-state index is 0.0609. The first-order valence-corrected chi connectivity index (χ1v) is 7.15. The molecule has 1 saturated heterocycles. The first kappa shape index (κ1) is 13.6. The van der Waals surface area contributed by atoms with E-state index in [1.54, 1.807) is 13.3 Å². The van der Waals surface area contributed by atoms with Crippen molar-refractivity contribution in [2.24, 2.45) is 0 Å². The molecule has 21 heavy (non-hydrogen) atoms. The molecule has 0 N–H and O–H groups in total. The van der Waals surface area contributed by atoms with Crippen molar-refractivity contribution in [3.8, 4) is 5.75 Å². The fourth-order valence-electron chi connectivity index (χ4n) is 2.79. The predicted molar refractivity (Wildman–Crippen MR) is 80.2 cm³/mol. The normalized spacial score (nSPS) is 17.8. The lowest BCUT2D eigenvalue weighted by molar-refractivity contribution is 0.0733. The molecule has 3 rings (SSSR count). The van der Waals surface area contributed by atoms with Gasteiger partial charge in [0.25, 0.3) is 5.91 Å². The highest BCUT2D eigenvalue weighted by atomic mass is 16.5. The third-order valence-corrected chi connectivity index (χ3v) is 3.88. The first-order valence-electron chi connectivity index (χ1n) is 7.15. The van der Waals surface area contributed by atoms with Gasteiger partial charge in [-0.1, -0.05) is 6.07 Å². The van der Waals surface area contributed by atoms with Crippen LogP contribution in [-0.2, 0) is 0 Å². The Bertz CT molecular complexity index is 610. The van der Waals surface area contributed by atoms with Gasteiger partial charge in [-0.3, -0.25) is 9.78 Å². The molecule has 1 aromatic heterocycles. The zero-order valence-corrected chi connectivity index (χ0v) is 12.0. The Morgan fingerprint density at radius 1 is 1.24 bits per heavy atom. The summed E-state index contributed by atoms with van der Waals surface area (Å²) in [5.41, 5.74) is 1.66. The van der Waals surface area contributed by atoms with E-state index in [1.165, 1.54) is 0 Å². The van der Waals surface area contributed by atoms with Crippen LogP contribution >= 0.6 is 0 Å². The fourth-order valence-corrected chi connectivity index (χ4v) is 2.79. The topological polar surface area (TPSA) is 42.4 Å². The number of nitrogens with zero attached hydrogens (tertiary/aromatic N) is 2. The molecule has 1 atom stereocenters. The van der Waals surface area contributed by atoms with Gasteiger partial charge in [0.05, 0.1) is 18.8 Å². The summed E-state index contributed by atoms with van der Waals surface area (Å²) in [6.45, 7) is 0.784. The van der Waals surface area contributed by atoms with Crippen molar-refractivity contribution in [2.45, 2.75) is 18.9 Å². The maximum Gasteiger partial charge on any atom is 0.254 e. The largest absolute Gasteiger partial charge is 0.497 e. The van der Waals surface area contributed by atoms with E-state index in [1.807, 2.05) is 47.4 Å². The van der Waals surface area contributed by atoms with Gasteiger partial charge in [-0.2, -0.15) is 0 Å². The summed E-state index contributed by atoms with van der Waals surface area (Å²) in [7, 11) is 1.62. The number of ether oxygens (including phenoxy) is 1. The number of rotatable bonds is 3. The molecular formula is C17H18N2O2. The van der Waals surface area contributed by atoms with Crippen molar-refractivity contribution in [2.75, 3.05) is 13.7 Å². The number of likely N-dealkylation sites (tertiary alicyclic amines) is 1. The molecular weight excluding hydrogens is 264 g/mol. The minimum Gasteiger partial charge on any atom is -0.497 e. The molecule has 2 aromatic rings. The number of carbonyl (C=O) groups excluding carboxylic acids is 1. The smallest absolute Gasteiger partial charge is 0.254 e. The van der Waals surface area contributed by atoms with Crippen LogP contribution in [-0.4, -0.2) is 29.4 Å². The summed E-state index contributed by atoms with van der Waals surface area (Å²) in [6.07, 6.45) is 3.77. The number of benzene rings is 1. The van der Waals surface area contributed by atoms with E-state index in [2.05, 4.69) is 4.98 Å². The second-order valence-corrected chi connectivity index (χ2v) is 5.14. The van der Waals surface area contributed by atoms with Crippen LogP contribution in [0.1, 0.15) is 34.9 Å². The molecule has 0 radical (unpaired) electrons. The Labute approximate surface area is 124 Å². The summed E-state index contributed by atoms with van der Waals surface area (Å²) in [6, 6.07) is 13.2. The van der Waals surface area contributed by atoms with E-state index < -0.39 is 0 Å². The van der Waals surface area contributed by atoms with Crippen molar-refractivity contribution >= 4 is 5.91 Å². The average molecular weight is 282 g/mol. The third kappa shape index (κ3) is 2.75. The molecule has 1 fully saturated rings. The maximum atomic E-state index is 12.7. The standard InChI is InChI=1S/C17H18N2O2/c1-21-14-9-7-13(8-10-14)17(20)19-12-4-6-16(19)15-5-2-3-11-18-15/h2-3,5,7-11,16H,4,6,12H2,1H3. The van der Waals surface area contributed by atoms with Crippen molar-refractivity contribution in [3.63, 3.8) is 0 Å². The quantitative estimate of drug-likeness (QED) is 0.869. The molecule has 1 aliphatic heterocycles. The van der Waals surface area contributed by atoms with E-state index in [0.29, 0.717) is 5.56 Å². The molecule has 4 nitrogen and oxygen atoms in total. The Kier molecular flexibility index (Phi) is 3.86. The van der Waals surface area contributed by atoms with E-state index in [9.17, 15) is 4.79 Å². The summed E-state index contributed by atoms with van der Waals surface area (Å²) >= 11 is 0. The van der Waals surface area contributed by atoms with E-state index >= 15 is 0 Å². The lowest BCUT2D eigenvalue weighted by atomic mass is 10.1. The number of hydrogen-bond donors (Lipinski definition) is 0. The van der Waals surface area contributed by atoms with Crippen LogP contribution < -0.4 is 4.74 Å². The highest BCUT2D eigenvalue weighted by Crippen LogP contribution is 2.32. The Hall–Kier alpha value is -2.36. The van der Waals surface area contributed by atoms with E-state index in [-0.39, 0.29) is 11.9 Å². The third-order valence-electron chi connectivity index (χ3n) is 3.88. The Morgan fingerprint density at radius 3 is 2.71 bits per heavy atom. The molecule has 1 amide bonds. The second kappa shape index (κ2) is 5.95. The molecule has 0 aliphatic carbocycles. The van der Waals surface area contributed by atoms with Crippen molar-refractivity contribution in [1.82, 2.24) is 9.88 Å². The van der Waals surface area contributed by atoms with Crippen LogP contribution in [0, 0.1) is 0 Å². The number of carbonyl (C=O) groups is 1. The average Bonchev–Trinajstić information content (AvgIpc) is 3.04. The summed E-state index contributed by atoms with van der Waals surface area (Å²) in [5, 5.41) is 0. The minimum atomic E-state index is 0.0609. The van der Waals surface area contributed by atoms with Gasteiger partial charge in [0.2, 0.25) is 0 Å². The van der Waals surface area contributed by atoms with Gasteiger partial charge >= 0.3 is 0 Å². The SMILES string of the molecule is COc1ccc(C(=O)N2CCCC2c2ccccn2)cc1. The number of amides is 1. The van der Waals surface area contributed by atoms with Gasteiger partial charge in [-0.15, -0.1) is 0 Å². The molecule has 0 bridgehead atoms. The highest BCUT2D eigenvalue weighted by molar-refractivity contribution is 5.94. The maximum absolute atomic E-state index is 12.7. The summed E-state index contributed by atoms with van der Waals surface area (Å²) in [5.74, 6) is 0.819. The Morgan fingerprint density at radius 2 is 2.05 bits per heavy atom. The van der Waals surface area contributed by atoms with E-state index in [0.717, 1.165) is 30.8 Å². The summed E-state index contributed by atoms with van der Waals surface area (Å²) in [4.78, 5) is 19.0. The molecule has 0 spiro atoms.